The molecule has 6 nitrogen and oxygen atoms in total. The smallest absolute Gasteiger partial charge is 0.275 e. The molecular weight excluding hydrogens is 304 g/mol. The summed E-state index contributed by atoms with van der Waals surface area (Å²) in [6.07, 6.45) is 2.92. The Bertz CT molecular complexity index is 646. The number of nitrogens with one attached hydrogen (secondary N) is 2. The van der Waals surface area contributed by atoms with Gasteiger partial charge in [-0.3, -0.25) is 4.79 Å². The monoisotopic (exact) mass is 320 g/mol. The Morgan fingerprint density at radius 2 is 2.14 bits per heavy atom. The molecule has 116 valence electrons. The Labute approximate surface area is 133 Å². The van der Waals surface area contributed by atoms with Crippen LogP contribution in [0.15, 0.2) is 30.6 Å². The molecule has 0 saturated heterocycles. The Hall–Kier alpha value is -2.18. The molecule has 0 spiro atoms. The predicted molar refractivity (Wildman–Crippen MR) is 86.5 cm³/mol. The van der Waals surface area contributed by atoms with E-state index in [0.717, 1.165) is 5.56 Å². The average molecular weight is 321 g/mol. The van der Waals surface area contributed by atoms with E-state index < -0.39 is 0 Å². The minimum atomic E-state index is -0.337. The molecule has 0 aliphatic carbocycles. The van der Waals surface area contributed by atoms with Gasteiger partial charge in [-0.05, 0) is 24.6 Å². The van der Waals surface area contributed by atoms with Gasteiger partial charge in [-0.25, -0.2) is 9.97 Å². The van der Waals surface area contributed by atoms with Crippen LogP contribution in [0.2, 0.25) is 5.02 Å². The predicted octanol–water partition coefficient (Wildman–Crippen LogP) is 2.75. The summed E-state index contributed by atoms with van der Waals surface area (Å²) in [5.74, 6) is 0.253. The van der Waals surface area contributed by atoms with Crippen LogP contribution in [0.3, 0.4) is 0 Å². The summed E-state index contributed by atoms with van der Waals surface area (Å²) in [7, 11) is 1.62. The van der Waals surface area contributed by atoms with E-state index in [0.29, 0.717) is 29.7 Å². The average Bonchev–Trinajstić information content (AvgIpc) is 2.52. The van der Waals surface area contributed by atoms with Crippen molar-refractivity contribution in [2.75, 3.05) is 30.9 Å². The van der Waals surface area contributed by atoms with Crippen molar-refractivity contribution in [3.8, 4) is 0 Å². The lowest BCUT2D eigenvalue weighted by molar-refractivity contribution is 0.102. The number of halogens is 1. The van der Waals surface area contributed by atoms with Crippen LogP contribution in [0.1, 0.15) is 16.1 Å². The zero-order valence-corrected chi connectivity index (χ0v) is 13.1. The summed E-state index contributed by atoms with van der Waals surface area (Å²) >= 11 is 6.03. The summed E-state index contributed by atoms with van der Waals surface area (Å²) in [5.41, 5.74) is 1.80. The first-order valence-corrected chi connectivity index (χ1v) is 7.10. The molecule has 2 aromatic rings. The van der Waals surface area contributed by atoms with Crippen molar-refractivity contribution >= 4 is 29.0 Å². The van der Waals surface area contributed by atoms with Crippen molar-refractivity contribution < 1.29 is 9.53 Å². The van der Waals surface area contributed by atoms with Gasteiger partial charge < -0.3 is 15.4 Å². The van der Waals surface area contributed by atoms with Crippen LogP contribution in [0, 0.1) is 6.92 Å². The molecule has 0 unspecified atom stereocenters. The van der Waals surface area contributed by atoms with Crippen molar-refractivity contribution in [2.24, 2.45) is 0 Å². The molecule has 0 saturated carbocycles. The molecule has 1 aromatic heterocycles. The third-order valence-electron chi connectivity index (χ3n) is 2.93. The molecule has 0 aliphatic rings. The molecule has 0 atom stereocenters. The fourth-order valence-electron chi connectivity index (χ4n) is 1.68. The highest BCUT2D eigenvalue weighted by atomic mass is 35.5. The number of benzene rings is 1. The second kappa shape index (κ2) is 7.72. The minimum Gasteiger partial charge on any atom is -0.383 e. The number of amides is 1. The van der Waals surface area contributed by atoms with Gasteiger partial charge in [0.15, 0.2) is 0 Å². The molecule has 2 N–H and O–H groups in total. The van der Waals surface area contributed by atoms with Gasteiger partial charge in [0.05, 0.1) is 19.0 Å². The fourth-order valence-corrected chi connectivity index (χ4v) is 1.86. The number of rotatable bonds is 6. The quantitative estimate of drug-likeness (QED) is 0.800. The normalized spacial score (nSPS) is 10.3. The van der Waals surface area contributed by atoms with E-state index in [1.54, 1.807) is 19.2 Å². The van der Waals surface area contributed by atoms with E-state index >= 15 is 0 Å². The summed E-state index contributed by atoms with van der Waals surface area (Å²) in [5, 5.41) is 6.36. The summed E-state index contributed by atoms with van der Waals surface area (Å²) in [4.78, 5) is 20.3. The summed E-state index contributed by atoms with van der Waals surface area (Å²) in [6, 6.07) is 5.32. The maximum absolute atomic E-state index is 12.1. The van der Waals surface area contributed by atoms with Crippen molar-refractivity contribution in [1.29, 1.82) is 0 Å². The van der Waals surface area contributed by atoms with Gasteiger partial charge in [-0.15, -0.1) is 0 Å². The lowest BCUT2D eigenvalue weighted by Gasteiger charge is -2.07. The second-order valence-corrected chi connectivity index (χ2v) is 5.03. The molecular formula is C15H17ClN4O2. The third-order valence-corrected chi connectivity index (χ3v) is 3.33. The number of nitrogens with zero attached hydrogens (tertiary/aromatic N) is 2. The number of methoxy groups -OCH3 is 1. The van der Waals surface area contributed by atoms with E-state index in [1.807, 2.05) is 13.0 Å². The standard InChI is InChI=1S/C15H17ClN4O2/c1-10-3-4-11(7-12(10)16)20-15(21)13-8-19-14(9-18-13)17-5-6-22-2/h3-4,7-9H,5-6H2,1-2H3,(H,17,19)(H,20,21). The molecule has 1 amide bonds. The van der Waals surface area contributed by atoms with Gasteiger partial charge in [0.2, 0.25) is 0 Å². The molecule has 0 bridgehead atoms. The number of hydrogen-bond acceptors (Lipinski definition) is 5. The first-order chi connectivity index (χ1) is 10.6. The van der Waals surface area contributed by atoms with E-state index in [9.17, 15) is 4.79 Å². The molecule has 1 aromatic carbocycles. The lowest BCUT2D eigenvalue weighted by Crippen LogP contribution is -2.15. The van der Waals surface area contributed by atoms with Gasteiger partial charge in [0, 0.05) is 24.4 Å². The Kier molecular flexibility index (Phi) is 5.68. The van der Waals surface area contributed by atoms with E-state index in [1.165, 1.54) is 12.4 Å². The van der Waals surface area contributed by atoms with Gasteiger partial charge in [-0.1, -0.05) is 17.7 Å². The summed E-state index contributed by atoms with van der Waals surface area (Å²) in [6.45, 7) is 3.09. The fraction of sp³-hybridized carbons (Fsp3) is 0.267. The number of carbonyl (C=O) groups is 1. The van der Waals surface area contributed by atoms with Crippen molar-refractivity contribution in [2.45, 2.75) is 6.92 Å². The maximum atomic E-state index is 12.1. The van der Waals surface area contributed by atoms with E-state index in [4.69, 9.17) is 16.3 Å². The zero-order valence-electron chi connectivity index (χ0n) is 12.4. The van der Waals surface area contributed by atoms with Crippen LogP contribution in [0.4, 0.5) is 11.5 Å². The highest BCUT2D eigenvalue weighted by molar-refractivity contribution is 6.31. The van der Waals surface area contributed by atoms with Crippen LogP contribution in [-0.4, -0.2) is 36.1 Å². The second-order valence-electron chi connectivity index (χ2n) is 4.62. The van der Waals surface area contributed by atoms with Crippen LogP contribution in [0.25, 0.3) is 0 Å². The molecule has 0 fully saturated rings. The number of hydrogen-bond donors (Lipinski definition) is 2. The van der Waals surface area contributed by atoms with Gasteiger partial charge in [-0.2, -0.15) is 0 Å². The van der Waals surface area contributed by atoms with E-state index in [2.05, 4.69) is 20.6 Å². The van der Waals surface area contributed by atoms with Crippen molar-refractivity contribution in [1.82, 2.24) is 9.97 Å². The van der Waals surface area contributed by atoms with Gasteiger partial charge in [0.25, 0.3) is 5.91 Å². The van der Waals surface area contributed by atoms with Crippen molar-refractivity contribution in [3.05, 3.63) is 46.9 Å². The highest BCUT2D eigenvalue weighted by Gasteiger charge is 2.09. The molecule has 22 heavy (non-hydrogen) atoms. The SMILES string of the molecule is COCCNc1cnc(C(=O)Nc2ccc(C)c(Cl)c2)cn1. The first-order valence-electron chi connectivity index (χ1n) is 6.72. The van der Waals surface area contributed by atoms with E-state index in [-0.39, 0.29) is 11.6 Å². The Morgan fingerprint density at radius 3 is 2.77 bits per heavy atom. The summed E-state index contributed by atoms with van der Waals surface area (Å²) < 4.78 is 4.92. The molecule has 1 heterocycles. The van der Waals surface area contributed by atoms with Gasteiger partial charge >= 0.3 is 0 Å². The topological polar surface area (TPSA) is 76.1 Å². The number of aryl methyl sites for hydroxylation is 1. The first kappa shape index (κ1) is 16.2. The lowest BCUT2D eigenvalue weighted by atomic mass is 10.2. The van der Waals surface area contributed by atoms with Crippen LogP contribution >= 0.6 is 11.6 Å². The third kappa shape index (κ3) is 4.41. The molecule has 0 radical (unpaired) electrons. The molecule has 2 rings (SSSR count). The number of aromatic nitrogens is 2. The number of carbonyl (C=O) groups excluding carboxylic acids is 1. The van der Waals surface area contributed by atoms with Crippen LogP contribution in [0.5, 0.6) is 0 Å². The number of ether oxygens (including phenoxy) is 1. The van der Waals surface area contributed by atoms with Crippen LogP contribution in [-0.2, 0) is 4.74 Å². The highest BCUT2D eigenvalue weighted by Crippen LogP contribution is 2.20. The Balaban J connectivity index is 1.98. The number of anilines is 2. The zero-order chi connectivity index (χ0) is 15.9. The maximum Gasteiger partial charge on any atom is 0.275 e. The minimum absolute atomic E-state index is 0.231. The molecule has 0 aliphatic heterocycles. The molecule has 7 heteroatoms. The van der Waals surface area contributed by atoms with Crippen LogP contribution < -0.4 is 10.6 Å². The largest absolute Gasteiger partial charge is 0.383 e. The van der Waals surface area contributed by atoms with Crippen molar-refractivity contribution in [3.63, 3.8) is 0 Å². The van der Waals surface area contributed by atoms with Gasteiger partial charge in [0.1, 0.15) is 11.5 Å². The Morgan fingerprint density at radius 1 is 1.32 bits per heavy atom.